The average Bonchev–Trinajstić information content (AvgIpc) is 3.46. The standard InChI is InChI=1S/C27H20ClN3O3S2/c1-17-21-15-24(36-26(21)31(30-17)19-13-11-18(28)12-14-19)27(33)34-16-25(32)29-22-9-5-6-10-23(22)35-20-7-3-2-4-8-20/h2-15H,16H2,1H3,(H,29,32). The lowest BCUT2D eigenvalue weighted by Crippen LogP contribution is -2.20. The molecule has 0 aliphatic heterocycles. The topological polar surface area (TPSA) is 73.2 Å². The van der Waals surface area contributed by atoms with Crippen LogP contribution in [-0.4, -0.2) is 28.3 Å². The number of nitrogens with one attached hydrogen (secondary N) is 1. The Labute approximate surface area is 220 Å². The molecule has 0 fully saturated rings. The van der Waals surface area contributed by atoms with Crippen LogP contribution in [0.15, 0.2) is 94.7 Å². The molecule has 9 heteroatoms. The first-order valence-electron chi connectivity index (χ1n) is 11.0. The Hall–Kier alpha value is -3.59. The number of aromatic nitrogens is 2. The zero-order valence-electron chi connectivity index (χ0n) is 19.1. The molecule has 36 heavy (non-hydrogen) atoms. The van der Waals surface area contributed by atoms with Crippen LogP contribution in [0.25, 0.3) is 15.9 Å². The van der Waals surface area contributed by atoms with Gasteiger partial charge in [-0.25, -0.2) is 9.48 Å². The number of amides is 1. The Morgan fingerprint density at radius 1 is 1.03 bits per heavy atom. The molecule has 0 unspecified atom stereocenters. The molecule has 0 aliphatic rings. The van der Waals surface area contributed by atoms with Gasteiger partial charge in [0.1, 0.15) is 9.71 Å². The summed E-state index contributed by atoms with van der Waals surface area (Å²) in [6.45, 7) is 1.49. The number of hydrogen-bond donors (Lipinski definition) is 1. The van der Waals surface area contributed by atoms with E-state index in [0.29, 0.717) is 15.6 Å². The number of carbonyl (C=O) groups excluding carboxylic acids is 2. The fourth-order valence-electron chi connectivity index (χ4n) is 3.57. The quantitative estimate of drug-likeness (QED) is 0.228. The number of para-hydroxylation sites is 1. The fourth-order valence-corrected chi connectivity index (χ4v) is 5.69. The third-order valence-corrected chi connectivity index (χ3v) is 7.71. The minimum absolute atomic E-state index is 0.389. The van der Waals surface area contributed by atoms with Gasteiger partial charge in [-0.1, -0.05) is 53.7 Å². The molecule has 5 aromatic rings. The number of halogens is 1. The number of rotatable bonds is 7. The first-order valence-corrected chi connectivity index (χ1v) is 13.0. The van der Waals surface area contributed by atoms with Gasteiger partial charge in [-0.05, 0) is 61.5 Å². The van der Waals surface area contributed by atoms with Gasteiger partial charge in [0.05, 0.1) is 17.1 Å². The van der Waals surface area contributed by atoms with Gasteiger partial charge in [0.2, 0.25) is 0 Å². The van der Waals surface area contributed by atoms with E-state index in [9.17, 15) is 9.59 Å². The van der Waals surface area contributed by atoms with Crippen molar-refractivity contribution in [1.82, 2.24) is 9.78 Å². The molecule has 3 aromatic carbocycles. The molecule has 0 radical (unpaired) electrons. The van der Waals surface area contributed by atoms with Crippen LogP contribution in [0.1, 0.15) is 15.4 Å². The van der Waals surface area contributed by atoms with Crippen molar-refractivity contribution in [2.24, 2.45) is 0 Å². The second-order valence-electron chi connectivity index (χ2n) is 7.84. The number of ether oxygens (including phenoxy) is 1. The highest BCUT2D eigenvalue weighted by molar-refractivity contribution is 7.99. The summed E-state index contributed by atoms with van der Waals surface area (Å²) >= 11 is 8.82. The van der Waals surface area contributed by atoms with E-state index in [1.807, 2.05) is 73.7 Å². The van der Waals surface area contributed by atoms with Crippen LogP contribution in [0.3, 0.4) is 0 Å². The molecular formula is C27H20ClN3O3S2. The number of carbonyl (C=O) groups is 2. The number of fused-ring (bicyclic) bond motifs is 1. The van der Waals surface area contributed by atoms with Crippen molar-refractivity contribution in [3.8, 4) is 5.69 Å². The number of benzene rings is 3. The molecule has 0 saturated heterocycles. The summed E-state index contributed by atoms with van der Waals surface area (Å²) in [6.07, 6.45) is 0. The van der Waals surface area contributed by atoms with Gasteiger partial charge in [-0.2, -0.15) is 5.10 Å². The molecule has 180 valence electrons. The summed E-state index contributed by atoms with van der Waals surface area (Å²) in [4.78, 5) is 28.5. The number of hydrogen-bond acceptors (Lipinski definition) is 6. The first kappa shape index (κ1) is 24.1. The third kappa shape index (κ3) is 5.31. The summed E-state index contributed by atoms with van der Waals surface area (Å²) in [5, 5.41) is 8.91. The van der Waals surface area contributed by atoms with Crippen molar-refractivity contribution < 1.29 is 14.3 Å². The largest absolute Gasteiger partial charge is 0.451 e. The highest BCUT2D eigenvalue weighted by atomic mass is 35.5. The van der Waals surface area contributed by atoms with Gasteiger partial charge in [0.25, 0.3) is 5.91 Å². The normalized spacial score (nSPS) is 10.9. The second-order valence-corrected chi connectivity index (χ2v) is 10.4. The molecule has 1 amide bonds. The second kappa shape index (κ2) is 10.6. The van der Waals surface area contributed by atoms with Crippen LogP contribution < -0.4 is 5.32 Å². The molecular weight excluding hydrogens is 514 g/mol. The van der Waals surface area contributed by atoms with Crippen LogP contribution in [-0.2, 0) is 9.53 Å². The molecule has 1 N–H and O–H groups in total. The lowest BCUT2D eigenvalue weighted by molar-refractivity contribution is -0.119. The van der Waals surface area contributed by atoms with Crippen molar-refractivity contribution in [1.29, 1.82) is 0 Å². The number of esters is 1. The minimum Gasteiger partial charge on any atom is -0.451 e. The van der Waals surface area contributed by atoms with Crippen LogP contribution in [0, 0.1) is 6.92 Å². The van der Waals surface area contributed by atoms with E-state index in [4.69, 9.17) is 16.3 Å². The molecule has 0 aliphatic carbocycles. The highest BCUT2D eigenvalue weighted by Gasteiger charge is 2.19. The van der Waals surface area contributed by atoms with Gasteiger partial charge in [0.15, 0.2) is 6.61 Å². The maximum Gasteiger partial charge on any atom is 0.348 e. The summed E-state index contributed by atoms with van der Waals surface area (Å²) in [7, 11) is 0. The van der Waals surface area contributed by atoms with Crippen molar-refractivity contribution in [3.05, 3.63) is 101 Å². The predicted octanol–water partition coefficient (Wildman–Crippen LogP) is 7.00. The van der Waals surface area contributed by atoms with Gasteiger partial charge in [-0.15, -0.1) is 11.3 Å². The van der Waals surface area contributed by atoms with Crippen molar-refractivity contribution in [3.63, 3.8) is 0 Å². The molecule has 0 spiro atoms. The van der Waals surface area contributed by atoms with E-state index < -0.39 is 11.9 Å². The van der Waals surface area contributed by atoms with Crippen molar-refractivity contribution >= 4 is 62.5 Å². The van der Waals surface area contributed by atoms with Gasteiger partial charge < -0.3 is 10.1 Å². The molecule has 6 nitrogen and oxygen atoms in total. The Balaban J connectivity index is 1.26. The van der Waals surface area contributed by atoms with E-state index in [2.05, 4.69) is 10.4 Å². The average molecular weight is 534 g/mol. The van der Waals surface area contributed by atoms with Crippen LogP contribution >= 0.6 is 34.7 Å². The maximum absolute atomic E-state index is 12.7. The van der Waals surface area contributed by atoms with Crippen molar-refractivity contribution in [2.45, 2.75) is 16.7 Å². The predicted molar refractivity (Wildman–Crippen MR) is 145 cm³/mol. The fraction of sp³-hybridized carbons (Fsp3) is 0.0741. The molecule has 0 bridgehead atoms. The Morgan fingerprint density at radius 3 is 2.53 bits per heavy atom. The van der Waals surface area contributed by atoms with E-state index in [1.165, 1.54) is 11.3 Å². The zero-order valence-corrected chi connectivity index (χ0v) is 21.5. The number of aryl methyl sites for hydroxylation is 1. The minimum atomic E-state index is -0.555. The van der Waals surface area contributed by atoms with Crippen LogP contribution in [0.2, 0.25) is 5.02 Å². The van der Waals surface area contributed by atoms with Gasteiger partial charge >= 0.3 is 5.97 Å². The van der Waals surface area contributed by atoms with Crippen molar-refractivity contribution in [2.75, 3.05) is 11.9 Å². The smallest absolute Gasteiger partial charge is 0.348 e. The van der Waals surface area contributed by atoms with E-state index >= 15 is 0 Å². The Bertz CT molecular complexity index is 1550. The molecule has 0 atom stereocenters. The van der Waals surface area contributed by atoms with E-state index in [-0.39, 0.29) is 6.61 Å². The lowest BCUT2D eigenvalue weighted by atomic mass is 10.3. The lowest BCUT2D eigenvalue weighted by Gasteiger charge is -2.11. The summed E-state index contributed by atoms with van der Waals surface area (Å²) in [5.74, 6) is -0.963. The molecule has 0 saturated carbocycles. The van der Waals surface area contributed by atoms with E-state index in [0.717, 1.165) is 31.4 Å². The van der Waals surface area contributed by atoms with Crippen LogP contribution in [0.4, 0.5) is 5.69 Å². The summed E-state index contributed by atoms with van der Waals surface area (Å²) in [6, 6.07) is 26.5. The number of thiophene rings is 1. The van der Waals surface area contributed by atoms with Crippen LogP contribution in [0.5, 0.6) is 0 Å². The zero-order chi connectivity index (χ0) is 25.1. The monoisotopic (exact) mass is 533 g/mol. The van der Waals surface area contributed by atoms with Gasteiger partial charge in [-0.3, -0.25) is 4.79 Å². The molecule has 2 aromatic heterocycles. The summed E-state index contributed by atoms with van der Waals surface area (Å²) in [5.41, 5.74) is 2.29. The highest BCUT2D eigenvalue weighted by Crippen LogP contribution is 2.33. The number of anilines is 1. The Morgan fingerprint density at radius 2 is 1.75 bits per heavy atom. The molecule has 2 heterocycles. The molecule has 5 rings (SSSR count). The van der Waals surface area contributed by atoms with E-state index in [1.54, 1.807) is 34.6 Å². The first-order chi connectivity index (χ1) is 17.5. The third-order valence-electron chi connectivity index (χ3n) is 5.28. The number of nitrogens with zero attached hydrogens (tertiary/aromatic N) is 2. The SMILES string of the molecule is Cc1nn(-c2ccc(Cl)cc2)c2sc(C(=O)OCC(=O)Nc3ccccc3Sc3ccccc3)cc12. The van der Waals surface area contributed by atoms with Gasteiger partial charge in [0, 0.05) is 20.2 Å². The maximum atomic E-state index is 12.7. The summed E-state index contributed by atoms with van der Waals surface area (Å²) < 4.78 is 7.10. The Kier molecular flexibility index (Phi) is 7.09.